The van der Waals surface area contributed by atoms with Crippen LogP contribution in [-0.4, -0.2) is 11.5 Å². The second kappa shape index (κ2) is 7.76. The molecule has 20 heavy (non-hydrogen) atoms. The average molecular weight is 355 g/mol. The molecule has 0 aliphatic carbocycles. The lowest BCUT2D eigenvalue weighted by atomic mass is 10.2. The molecular formula is C15H16BrFN2S. The summed E-state index contributed by atoms with van der Waals surface area (Å²) in [6, 6.07) is 8.71. The number of nitrogens with zero attached hydrogens (tertiary/aromatic N) is 1. The van der Waals surface area contributed by atoms with Crippen LogP contribution in [0.4, 0.5) is 4.39 Å². The first-order chi connectivity index (χ1) is 9.70. The Morgan fingerprint density at radius 1 is 1.35 bits per heavy atom. The summed E-state index contributed by atoms with van der Waals surface area (Å²) in [6.45, 7) is 3.70. The Bertz CT molecular complexity index is 578. The van der Waals surface area contributed by atoms with Crippen molar-refractivity contribution < 1.29 is 4.39 Å². The Morgan fingerprint density at radius 2 is 2.20 bits per heavy atom. The largest absolute Gasteiger partial charge is 0.313 e. The fourth-order valence-electron chi connectivity index (χ4n) is 1.74. The molecule has 2 rings (SSSR count). The van der Waals surface area contributed by atoms with Crippen molar-refractivity contribution in [2.45, 2.75) is 29.8 Å². The van der Waals surface area contributed by atoms with E-state index >= 15 is 0 Å². The van der Waals surface area contributed by atoms with Crippen molar-refractivity contribution in [3.8, 4) is 0 Å². The highest BCUT2D eigenvalue weighted by atomic mass is 79.9. The van der Waals surface area contributed by atoms with Crippen LogP contribution in [0.2, 0.25) is 0 Å². The summed E-state index contributed by atoms with van der Waals surface area (Å²) < 4.78 is 14.4. The van der Waals surface area contributed by atoms with Crippen molar-refractivity contribution in [3.05, 3.63) is 52.4 Å². The van der Waals surface area contributed by atoms with E-state index in [4.69, 9.17) is 0 Å². The van der Waals surface area contributed by atoms with Crippen molar-refractivity contribution >= 4 is 27.7 Å². The molecule has 0 amide bonds. The van der Waals surface area contributed by atoms with Crippen LogP contribution >= 0.6 is 27.7 Å². The number of rotatable bonds is 6. The van der Waals surface area contributed by atoms with E-state index in [1.807, 2.05) is 18.2 Å². The van der Waals surface area contributed by atoms with Crippen LogP contribution in [0.1, 0.15) is 18.9 Å². The number of aromatic nitrogens is 1. The van der Waals surface area contributed by atoms with Crippen LogP contribution < -0.4 is 5.32 Å². The molecule has 0 aliphatic heterocycles. The smallest absolute Gasteiger partial charge is 0.123 e. The second-order valence-electron chi connectivity index (χ2n) is 4.32. The summed E-state index contributed by atoms with van der Waals surface area (Å²) in [6.07, 6.45) is 2.81. The Hall–Kier alpha value is -0.910. The standard InChI is InChI=1S/C15H16BrFN2S/c1-2-7-18-10-11-9-12(17)5-6-14(11)20-15-13(16)4-3-8-19-15/h3-6,8-9,18H,2,7,10H2,1H3. The van der Waals surface area contributed by atoms with Gasteiger partial charge in [0.15, 0.2) is 0 Å². The normalized spacial score (nSPS) is 10.8. The van der Waals surface area contributed by atoms with Gasteiger partial charge < -0.3 is 5.32 Å². The van der Waals surface area contributed by atoms with Gasteiger partial charge in [-0.3, -0.25) is 0 Å². The summed E-state index contributed by atoms with van der Waals surface area (Å²) in [5.41, 5.74) is 0.959. The number of hydrogen-bond acceptors (Lipinski definition) is 3. The minimum absolute atomic E-state index is 0.206. The lowest BCUT2D eigenvalue weighted by Gasteiger charge is -2.10. The number of nitrogens with one attached hydrogen (secondary N) is 1. The summed E-state index contributed by atoms with van der Waals surface area (Å²) >= 11 is 5.03. The van der Waals surface area contributed by atoms with E-state index in [2.05, 4.69) is 33.2 Å². The highest BCUT2D eigenvalue weighted by Gasteiger charge is 2.09. The van der Waals surface area contributed by atoms with Gasteiger partial charge in [0, 0.05) is 17.6 Å². The zero-order valence-electron chi connectivity index (χ0n) is 11.2. The van der Waals surface area contributed by atoms with E-state index in [1.165, 1.54) is 6.07 Å². The van der Waals surface area contributed by atoms with Crippen molar-refractivity contribution in [2.75, 3.05) is 6.54 Å². The average Bonchev–Trinajstić information content (AvgIpc) is 2.44. The maximum absolute atomic E-state index is 13.4. The quantitative estimate of drug-likeness (QED) is 0.765. The zero-order valence-corrected chi connectivity index (χ0v) is 13.6. The van der Waals surface area contributed by atoms with Crippen LogP contribution in [0.3, 0.4) is 0 Å². The van der Waals surface area contributed by atoms with E-state index in [0.717, 1.165) is 32.9 Å². The predicted octanol–water partition coefficient (Wildman–Crippen LogP) is 4.63. The molecule has 106 valence electrons. The van der Waals surface area contributed by atoms with Crippen LogP contribution in [0.25, 0.3) is 0 Å². The maximum Gasteiger partial charge on any atom is 0.123 e. The van der Waals surface area contributed by atoms with Gasteiger partial charge in [0.2, 0.25) is 0 Å². The molecule has 0 saturated carbocycles. The fourth-order valence-corrected chi connectivity index (χ4v) is 3.12. The molecule has 0 spiro atoms. The van der Waals surface area contributed by atoms with E-state index in [1.54, 1.807) is 24.0 Å². The van der Waals surface area contributed by atoms with Gasteiger partial charge in [-0.05, 0) is 64.8 Å². The highest BCUT2D eigenvalue weighted by Crippen LogP contribution is 2.33. The summed E-state index contributed by atoms with van der Waals surface area (Å²) in [5.74, 6) is -0.206. The molecule has 1 heterocycles. The monoisotopic (exact) mass is 354 g/mol. The van der Waals surface area contributed by atoms with Crippen LogP contribution in [0, 0.1) is 5.82 Å². The van der Waals surface area contributed by atoms with Crippen LogP contribution in [0.15, 0.2) is 50.9 Å². The molecule has 0 unspecified atom stereocenters. The number of halogens is 2. The third kappa shape index (κ3) is 4.30. The first-order valence-corrected chi connectivity index (χ1v) is 8.09. The molecule has 0 atom stereocenters. The lowest BCUT2D eigenvalue weighted by Crippen LogP contribution is -2.14. The van der Waals surface area contributed by atoms with Gasteiger partial charge in [-0.1, -0.05) is 18.7 Å². The van der Waals surface area contributed by atoms with E-state index in [0.29, 0.717) is 6.54 Å². The van der Waals surface area contributed by atoms with Crippen molar-refractivity contribution in [3.63, 3.8) is 0 Å². The van der Waals surface area contributed by atoms with Gasteiger partial charge in [-0.25, -0.2) is 9.37 Å². The topological polar surface area (TPSA) is 24.9 Å². The second-order valence-corrected chi connectivity index (χ2v) is 6.21. The fraction of sp³-hybridized carbons (Fsp3) is 0.267. The molecule has 0 bridgehead atoms. The third-order valence-electron chi connectivity index (χ3n) is 2.70. The summed E-state index contributed by atoms with van der Waals surface area (Å²) in [7, 11) is 0. The van der Waals surface area contributed by atoms with Gasteiger partial charge in [0.05, 0.1) is 4.47 Å². The first-order valence-electron chi connectivity index (χ1n) is 6.48. The number of benzene rings is 1. The minimum atomic E-state index is -0.206. The molecule has 1 aromatic carbocycles. The first kappa shape index (κ1) is 15.5. The van der Waals surface area contributed by atoms with E-state index < -0.39 is 0 Å². The number of hydrogen-bond donors (Lipinski definition) is 1. The molecule has 0 radical (unpaired) electrons. The molecule has 2 aromatic rings. The molecule has 1 aromatic heterocycles. The molecule has 0 aliphatic rings. The molecule has 1 N–H and O–H groups in total. The predicted molar refractivity (Wildman–Crippen MR) is 84.5 cm³/mol. The van der Waals surface area contributed by atoms with Crippen LogP contribution in [-0.2, 0) is 6.54 Å². The molecular weight excluding hydrogens is 339 g/mol. The van der Waals surface area contributed by atoms with Gasteiger partial charge in [-0.15, -0.1) is 0 Å². The molecule has 0 fully saturated rings. The Balaban J connectivity index is 2.20. The Labute approximate surface area is 131 Å². The van der Waals surface area contributed by atoms with Gasteiger partial charge in [-0.2, -0.15) is 0 Å². The Morgan fingerprint density at radius 3 is 2.95 bits per heavy atom. The van der Waals surface area contributed by atoms with Gasteiger partial charge >= 0.3 is 0 Å². The molecule has 0 saturated heterocycles. The van der Waals surface area contributed by atoms with Gasteiger partial charge in [0.25, 0.3) is 0 Å². The Kier molecular flexibility index (Phi) is 6.01. The minimum Gasteiger partial charge on any atom is -0.313 e. The van der Waals surface area contributed by atoms with Crippen molar-refractivity contribution in [1.29, 1.82) is 0 Å². The third-order valence-corrected chi connectivity index (χ3v) is 4.74. The van der Waals surface area contributed by atoms with Crippen LogP contribution in [0.5, 0.6) is 0 Å². The number of pyridine rings is 1. The molecule has 2 nitrogen and oxygen atoms in total. The van der Waals surface area contributed by atoms with E-state index in [9.17, 15) is 4.39 Å². The van der Waals surface area contributed by atoms with E-state index in [-0.39, 0.29) is 5.82 Å². The molecule has 5 heteroatoms. The van der Waals surface area contributed by atoms with Gasteiger partial charge in [0.1, 0.15) is 10.8 Å². The summed E-state index contributed by atoms with van der Waals surface area (Å²) in [5, 5.41) is 4.19. The van der Waals surface area contributed by atoms with Crippen molar-refractivity contribution in [2.24, 2.45) is 0 Å². The zero-order chi connectivity index (χ0) is 14.4. The SMILES string of the molecule is CCCNCc1cc(F)ccc1Sc1ncccc1Br. The maximum atomic E-state index is 13.4. The lowest BCUT2D eigenvalue weighted by molar-refractivity contribution is 0.615. The van der Waals surface area contributed by atoms with Crippen molar-refractivity contribution in [1.82, 2.24) is 10.3 Å². The highest BCUT2D eigenvalue weighted by molar-refractivity contribution is 9.10. The summed E-state index contributed by atoms with van der Waals surface area (Å²) in [4.78, 5) is 5.36.